The average molecular weight is 265 g/mol. The highest BCUT2D eigenvalue weighted by Gasteiger charge is 2.27. The van der Waals surface area contributed by atoms with E-state index in [1.165, 1.54) is 14.0 Å². The third-order valence-electron chi connectivity index (χ3n) is 2.75. The fourth-order valence-electron chi connectivity index (χ4n) is 1.39. The number of rotatable bonds is 7. The van der Waals surface area contributed by atoms with Gasteiger partial charge in [0.05, 0.1) is 11.8 Å². The van der Waals surface area contributed by atoms with Crippen LogP contribution >= 0.6 is 0 Å². The molecule has 2 N–H and O–H groups in total. The third-order valence-corrected chi connectivity index (χ3v) is 4.96. The molecule has 1 amide bonds. The monoisotopic (exact) mass is 265 g/mol. The Kier molecular flexibility index (Phi) is 6.66. The lowest BCUT2D eigenvalue weighted by atomic mass is 10.4. The van der Waals surface area contributed by atoms with Gasteiger partial charge in [0.25, 0.3) is 0 Å². The molecule has 102 valence electrons. The van der Waals surface area contributed by atoms with Gasteiger partial charge in [0.1, 0.15) is 0 Å². The topological polar surface area (TPSA) is 83.7 Å². The third kappa shape index (κ3) is 4.25. The molecule has 0 aliphatic carbocycles. The van der Waals surface area contributed by atoms with Crippen molar-refractivity contribution in [1.29, 1.82) is 0 Å². The highest BCUT2D eigenvalue weighted by atomic mass is 32.2. The zero-order valence-corrected chi connectivity index (χ0v) is 11.8. The number of carbonyl (C=O) groups is 1. The van der Waals surface area contributed by atoms with Gasteiger partial charge in [0.15, 0.2) is 0 Å². The predicted molar refractivity (Wildman–Crippen MR) is 68.0 cm³/mol. The minimum atomic E-state index is -3.47. The fourth-order valence-corrected chi connectivity index (χ4v) is 2.53. The van der Waals surface area contributed by atoms with Gasteiger partial charge in [-0.3, -0.25) is 4.79 Å². The largest absolute Gasteiger partial charge is 0.342 e. The summed E-state index contributed by atoms with van der Waals surface area (Å²) in [5.41, 5.74) is 5.34. The van der Waals surface area contributed by atoms with Gasteiger partial charge in [-0.1, -0.05) is 0 Å². The molecule has 0 aromatic rings. The molecule has 0 saturated heterocycles. The second-order valence-corrected chi connectivity index (χ2v) is 6.37. The van der Waals surface area contributed by atoms with E-state index >= 15 is 0 Å². The van der Waals surface area contributed by atoms with E-state index in [9.17, 15) is 13.2 Å². The molecule has 0 bridgehead atoms. The van der Waals surface area contributed by atoms with Crippen molar-refractivity contribution in [3.63, 3.8) is 0 Å². The Balaban J connectivity index is 4.65. The van der Waals surface area contributed by atoms with Crippen molar-refractivity contribution in [2.45, 2.75) is 26.0 Å². The van der Waals surface area contributed by atoms with Gasteiger partial charge in [-0.25, -0.2) is 8.42 Å². The molecule has 0 rings (SSSR count). The summed E-state index contributed by atoms with van der Waals surface area (Å²) in [6, 6.07) is 0. The standard InChI is InChI=1S/C10H23N3O3S/c1-5-13(6-2)10(14)8-12(4)17(15,16)9(3)7-11/h9H,5-8,11H2,1-4H3. The first-order chi connectivity index (χ1) is 7.81. The highest BCUT2D eigenvalue weighted by molar-refractivity contribution is 7.89. The van der Waals surface area contributed by atoms with Crippen molar-refractivity contribution in [2.24, 2.45) is 5.73 Å². The summed E-state index contributed by atoms with van der Waals surface area (Å²) in [6.07, 6.45) is 0. The molecule has 1 unspecified atom stereocenters. The van der Waals surface area contributed by atoms with Crippen LogP contribution in [0.15, 0.2) is 0 Å². The van der Waals surface area contributed by atoms with E-state index in [1.807, 2.05) is 13.8 Å². The minimum Gasteiger partial charge on any atom is -0.342 e. The number of likely N-dealkylation sites (N-methyl/N-ethyl adjacent to an activating group) is 2. The summed E-state index contributed by atoms with van der Waals surface area (Å²) in [4.78, 5) is 13.4. The van der Waals surface area contributed by atoms with Crippen LogP contribution < -0.4 is 5.73 Å². The minimum absolute atomic E-state index is 0.0478. The van der Waals surface area contributed by atoms with E-state index in [4.69, 9.17) is 5.73 Å². The quantitative estimate of drug-likeness (QED) is 0.670. The van der Waals surface area contributed by atoms with E-state index in [1.54, 1.807) is 4.90 Å². The molecule has 0 saturated carbocycles. The molecule has 0 fully saturated rings. The van der Waals surface area contributed by atoms with Gasteiger partial charge >= 0.3 is 0 Å². The van der Waals surface area contributed by atoms with Crippen molar-refractivity contribution >= 4 is 15.9 Å². The van der Waals surface area contributed by atoms with Crippen molar-refractivity contribution in [1.82, 2.24) is 9.21 Å². The number of nitrogens with two attached hydrogens (primary N) is 1. The van der Waals surface area contributed by atoms with Crippen LogP contribution in [0.4, 0.5) is 0 Å². The van der Waals surface area contributed by atoms with Crippen LogP contribution in [0.2, 0.25) is 0 Å². The van der Waals surface area contributed by atoms with E-state index < -0.39 is 15.3 Å². The lowest BCUT2D eigenvalue weighted by molar-refractivity contribution is -0.130. The number of sulfonamides is 1. The van der Waals surface area contributed by atoms with Crippen LogP contribution in [-0.2, 0) is 14.8 Å². The number of hydrogen-bond donors (Lipinski definition) is 1. The molecule has 0 aromatic heterocycles. The number of hydrogen-bond acceptors (Lipinski definition) is 4. The second-order valence-electron chi connectivity index (χ2n) is 3.91. The lowest BCUT2D eigenvalue weighted by Gasteiger charge is -2.24. The molecule has 6 nitrogen and oxygen atoms in total. The number of carbonyl (C=O) groups excluding carboxylic acids is 1. The van der Waals surface area contributed by atoms with Crippen molar-refractivity contribution in [3.8, 4) is 0 Å². The summed E-state index contributed by atoms with van der Waals surface area (Å²) < 4.78 is 24.8. The highest BCUT2D eigenvalue weighted by Crippen LogP contribution is 2.06. The molecule has 0 aromatic carbocycles. The van der Waals surface area contributed by atoms with Crippen molar-refractivity contribution in [2.75, 3.05) is 33.2 Å². The average Bonchev–Trinajstić information content (AvgIpc) is 2.29. The van der Waals surface area contributed by atoms with Gasteiger partial charge in [-0.05, 0) is 20.8 Å². The van der Waals surface area contributed by atoms with Gasteiger partial charge in [-0.2, -0.15) is 4.31 Å². The molecule has 17 heavy (non-hydrogen) atoms. The molecule has 0 heterocycles. The molecule has 7 heteroatoms. The maximum atomic E-state index is 11.9. The summed E-state index contributed by atoms with van der Waals surface area (Å²) in [6.45, 7) is 6.33. The Hall–Kier alpha value is -0.660. The molecule has 0 aliphatic heterocycles. The van der Waals surface area contributed by atoms with E-state index in [2.05, 4.69) is 0 Å². The van der Waals surface area contributed by atoms with Crippen LogP contribution in [-0.4, -0.2) is 62.0 Å². The zero-order chi connectivity index (χ0) is 13.6. The Morgan fingerprint density at radius 3 is 2.12 bits per heavy atom. The first kappa shape index (κ1) is 16.3. The molecular formula is C10H23N3O3S. The summed E-state index contributed by atoms with van der Waals surface area (Å²) >= 11 is 0. The molecule has 0 aliphatic rings. The van der Waals surface area contributed by atoms with E-state index in [-0.39, 0.29) is 19.0 Å². The Morgan fingerprint density at radius 2 is 1.76 bits per heavy atom. The number of amides is 1. The maximum absolute atomic E-state index is 11.9. The van der Waals surface area contributed by atoms with Gasteiger partial charge in [0, 0.05) is 26.7 Å². The first-order valence-electron chi connectivity index (χ1n) is 5.74. The normalized spacial score (nSPS) is 13.8. The second kappa shape index (κ2) is 6.93. The van der Waals surface area contributed by atoms with Crippen molar-refractivity contribution < 1.29 is 13.2 Å². The fraction of sp³-hybridized carbons (Fsp3) is 0.900. The number of nitrogens with zero attached hydrogens (tertiary/aromatic N) is 2. The van der Waals surface area contributed by atoms with Gasteiger partial charge in [-0.15, -0.1) is 0 Å². The smallest absolute Gasteiger partial charge is 0.237 e. The SMILES string of the molecule is CCN(CC)C(=O)CN(C)S(=O)(=O)C(C)CN. The van der Waals surface area contributed by atoms with Crippen LogP contribution in [0.3, 0.4) is 0 Å². The van der Waals surface area contributed by atoms with E-state index in [0.29, 0.717) is 13.1 Å². The van der Waals surface area contributed by atoms with E-state index in [0.717, 1.165) is 4.31 Å². The molecular weight excluding hydrogens is 242 g/mol. The Morgan fingerprint density at radius 1 is 1.29 bits per heavy atom. The van der Waals surface area contributed by atoms with Gasteiger partial charge in [0.2, 0.25) is 15.9 Å². The Bertz CT molecular complexity index is 339. The first-order valence-corrected chi connectivity index (χ1v) is 7.24. The van der Waals surface area contributed by atoms with Crippen LogP contribution in [0.25, 0.3) is 0 Å². The predicted octanol–water partition coefficient (Wildman–Crippen LogP) is -0.536. The van der Waals surface area contributed by atoms with Crippen LogP contribution in [0.1, 0.15) is 20.8 Å². The summed E-state index contributed by atoms with van der Waals surface area (Å²) in [5.74, 6) is -0.190. The molecule has 1 atom stereocenters. The molecule has 0 spiro atoms. The maximum Gasteiger partial charge on any atom is 0.237 e. The molecule has 0 radical (unpaired) electrons. The van der Waals surface area contributed by atoms with Gasteiger partial charge < -0.3 is 10.6 Å². The summed E-state index contributed by atoms with van der Waals surface area (Å²) in [5, 5.41) is -0.669. The van der Waals surface area contributed by atoms with Crippen LogP contribution in [0, 0.1) is 0 Å². The summed E-state index contributed by atoms with van der Waals surface area (Å²) in [7, 11) is -2.07. The lowest BCUT2D eigenvalue weighted by Crippen LogP contribution is -2.45. The van der Waals surface area contributed by atoms with Crippen molar-refractivity contribution in [3.05, 3.63) is 0 Å². The van der Waals surface area contributed by atoms with Crippen LogP contribution in [0.5, 0.6) is 0 Å². The Labute approximate surface area is 104 Å². The zero-order valence-electron chi connectivity index (χ0n) is 11.0.